The highest BCUT2D eigenvalue weighted by atomic mass is 35.5. The van der Waals surface area contributed by atoms with Gasteiger partial charge >= 0.3 is 0 Å². The molecule has 0 saturated carbocycles. The Hall–Kier alpha value is -2.04. The molecule has 3 aromatic rings. The fourth-order valence-corrected chi connectivity index (χ4v) is 5.20. The number of ether oxygens (including phenoxy) is 1. The smallest absolute Gasteiger partial charge is 0.194 e. The molecule has 10 heteroatoms. The van der Waals surface area contributed by atoms with Crippen LogP contribution >= 0.6 is 22.9 Å². The van der Waals surface area contributed by atoms with Gasteiger partial charge < -0.3 is 10.1 Å². The topological polar surface area (TPSA) is 66.5 Å². The summed E-state index contributed by atoms with van der Waals surface area (Å²) in [5.74, 6) is -0.604. The first kappa shape index (κ1) is 22.2. The van der Waals surface area contributed by atoms with Gasteiger partial charge in [0.05, 0.1) is 34.9 Å². The maximum absolute atomic E-state index is 14.8. The molecule has 2 atom stereocenters. The third-order valence-corrected chi connectivity index (χ3v) is 7.13. The zero-order valence-corrected chi connectivity index (χ0v) is 19.0. The van der Waals surface area contributed by atoms with Crippen LogP contribution in [-0.4, -0.2) is 46.9 Å². The van der Waals surface area contributed by atoms with Gasteiger partial charge in [-0.25, -0.2) is 13.6 Å². The minimum atomic E-state index is -1.81. The van der Waals surface area contributed by atoms with Crippen LogP contribution in [0.2, 0.25) is 5.02 Å². The van der Waals surface area contributed by atoms with Crippen molar-refractivity contribution in [1.82, 2.24) is 9.88 Å². The van der Waals surface area contributed by atoms with E-state index in [1.165, 1.54) is 23.5 Å². The van der Waals surface area contributed by atoms with Gasteiger partial charge in [-0.15, -0.1) is 11.3 Å². The van der Waals surface area contributed by atoms with Crippen molar-refractivity contribution in [1.29, 1.82) is 0 Å². The van der Waals surface area contributed by atoms with Gasteiger partial charge in [0.25, 0.3) is 0 Å². The van der Waals surface area contributed by atoms with Crippen LogP contribution in [0.3, 0.4) is 0 Å². The summed E-state index contributed by atoms with van der Waals surface area (Å²) in [4.78, 5) is 6.30. The number of halogens is 2. The molecule has 0 amide bonds. The molecule has 6 nitrogen and oxygen atoms in total. The molecule has 1 aliphatic heterocycles. The lowest BCUT2D eigenvalue weighted by Crippen LogP contribution is -2.40. The maximum Gasteiger partial charge on any atom is 0.194 e. The third-order valence-electron chi connectivity index (χ3n) is 4.91. The van der Waals surface area contributed by atoms with Gasteiger partial charge in [-0.3, -0.25) is 9.62 Å². The molecular formula is C21H22ClFN4O2S2. The van der Waals surface area contributed by atoms with Crippen LogP contribution in [0.15, 0.2) is 58.9 Å². The number of morpholine rings is 1. The van der Waals surface area contributed by atoms with E-state index in [9.17, 15) is 8.60 Å². The van der Waals surface area contributed by atoms with Crippen LogP contribution in [0.4, 0.5) is 15.2 Å². The van der Waals surface area contributed by atoms with Gasteiger partial charge in [0, 0.05) is 31.2 Å². The number of benzene rings is 2. The van der Waals surface area contributed by atoms with Crippen molar-refractivity contribution in [3.63, 3.8) is 0 Å². The Bertz CT molecular complexity index is 1020. The summed E-state index contributed by atoms with van der Waals surface area (Å²) in [7, 11) is -1.81. The summed E-state index contributed by atoms with van der Waals surface area (Å²) in [5, 5.41) is 5.87. The average molecular weight is 481 g/mol. The van der Waals surface area contributed by atoms with E-state index >= 15 is 0 Å². The molecule has 2 aromatic carbocycles. The van der Waals surface area contributed by atoms with Gasteiger partial charge in [0.1, 0.15) is 5.82 Å². The molecule has 2 unspecified atom stereocenters. The predicted octanol–water partition coefficient (Wildman–Crippen LogP) is 4.56. The van der Waals surface area contributed by atoms with Gasteiger partial charge in [0.15, 0.2) is 16.1 Å². The van der Waals surface area contributed by atoms with Gasteiger partial charge in [-0.2, -0.15) is 0 Å². The van der Waals surface area contributed by atoms with E-state index in [0.29, 0.717) is 29.1 Å². The van der Waals surface area contributed by atoms with E-state index in [2.05, 4.69) is 19.9 Å². The Balaban J connectivity index is 1.54. The summed E-state index contributed by atoms with van der Waals surface area (Å²) < 4.78 is 35.5. The first-order valence-electron chi connectivity index (χ1n) is 9.78. The number of hydrogen-bond acceptors (Lipinski definition) is 6. The Morgan fingerprint density at radius 1 is 1.26 bits per heavy atom. The van der Waals surface area contributed by atoms with Crippen LogP contribution in [0, 0.1) is 5.82 Å². The van der Waals surface area contributed by atoms with E-state index in [0.717, 1.165) is 25.2 Å². The van der Waals surface area contributed by atoms with Gasteiger partial charge in [-0.1, -0.05) is 41.9 Å². The molecule has 1 fully saturated rings. The molecule has 0 bridgehead atoms. The lowest BCUT2D eigenvalue weighted by atomic mass is 10.1. The monoisotopic (exact) mass is 480 g/mol. The van der Waals surface area contributed by atoms with Crippen molar-refractivity contribution in [2.24, 2.45) is 0 Å². The van der Waals surface area contributed by atoms with Crippen molar-refractivity contribution in [3.8, 4) is 0 Å². The highest BCUT2D eigenvalue weighted by molar-refractivity contribution is 7.86. The Kier molecular flexibility index (Phi) is 7.52. The van der Waals surface area contributed by atoms with Crippen LogP contribution < -0.4 is 10.0 Å². The molecule has 0 spiro atoms. The van der Waals surface area contributed by atoms with Crippen molar-refractivity contribution < 1.29 is 13.3 Å². The molecule has 4 rings (SSSR count). The fourth-order valence-electron chi connectivity index (χ4n) is 3.34. The normalized spacial score (nSPS) is 16.6. The Morgan fingerprint density at radius 2 is 2.03 bits per heavy atom. The van der Waals surface area contributed by atoms with Crippen LogP contribution in [-0.2, 0) is 15.7 Å². The lowest BCUT2D eigenvalue weighted by molar-refractivity contribution is 0.0361. The number of rotatable bonds is 8. The van der Waals surface area contributed by atoms with Crippen molar-refractivity contribution >= 4 is 44.7 Å². The molecule has 164 valence electrons. The number of nitrogens with zero attached hydrogens (tertiary/aromatic N) is 2. The maximum atomic E-state index is 14.8. The van der Waals surface area contributed by atoms with Gasteiger partial charge in [0.2, 0.25) is 0 Å². The van der Waals surface area contributed by atoms with Crippen LogP contribution in [0.25, 0.3) is 0 Å². The van der Waals surface area contributed by atoms with Crippen molar-refractivity contribution in [2.45, 2.75) is 10.9 Å². The minimum Gasteiger partial charge on any atom is -0.379 e. The summed E-state index contributed by atoms with van der Waals surface area (Å²) in [5.41, 5.74) is 1.53. The first-order valence-corrected chi connectivity index (χ1v) is 12.2. The quantitative estimate of drug-likeness (QED) is 0.495. The second kappa shape index (κ2) is 10.5. The summed E-state index contributed by atoms with van der Waals surface area (Å²) in [6, 6.07) is 12.6. The number of thiazole rings is 1. The van der Waals surface area contributed by atoms with Gasteiger partial charge in [-0.05, 0) is 17.7 Å². The highest BCUT2D eigenvalue weighted by Gasteiger charge is 2.21. The molecule has 31 heavy (non-hydrogen) atoms. The van der Waals surface area contributed by atoms with E-state index < -0.39 is 16.8 Å². The van der Waals surface area contributed by atoms with Crippen LogP contribution in [0.5, 0.6) is 0 Å². The van der Waals surface area contributed by atoms with E-state index in [1.54, 1.807) is 11.6 Å². The number of nitrogens with one attached hydrogen (secondary N) is 2. The largest absolute Gasteiger partial charge is 0.379 e. The van der Waals surface area contributed by atoms with Crippen molar-refractivity contribution in [2.75, 3.05) is 42.9 Å². The Labute approximate surface area is 192 Å². The van der Waals surface area contributed by atoms with Crippen LogP contribution in [0.1, 0.15) is 11.6 Å². The van der Waals surface area contributed by atoms with E-state index in [-0.39, 0.29) is 10.9 Å². The zero-order chi connectivity index (χ0) is 21.6. The zero-order valence-electron chi connectivity index (χ0n) is 16.6. The lowest BCUT2D eigenvalue weighted by Gasteiger charge is -2.31. The molecule has 2 heterocycles. The summed E-state index contributed by atoms with van der Waals surface area (Å²) in [6.45, 7) is 3.80. The number of anilines is 2. The SMILES string of the molecule is O=S(Nc1nccs1)c1cc(Cl)c(NC(CN2CCOCC2)c2ccccc2)cc1F. The number of aromatic nitrogens is 1. The molecule has 0 radical (unpaired) electrons. The molecule has 2 N–H and O–H groups in total. The third kappa shape index (κ3) is 5.81. The fraction of sp³-hybridized carbons (Fsp3) is 0.286. The second-order valence-corrected chi connectivity index (χ2v) is 9.47. The Morgan fingerprint density at radius 3 is 2.74 bits per heavy atom. The van der Waals surface area contributed by atoms with Crippen molar-refractivity contribution in [3.05, 3.63) is 70.4 Å². The minimum absolute atomic E-state index is 0.0183. The molecule has 1 saturated heterocycles. The number of hydrogen-bond donors (Lipinski definition) is 2. The van der Waals surface area contributed by atoms with E-state index in [4.69, 9.17) is 16.3 Å². The first-order chi connectivity index (χ1) is 15.1. The second-order valence-electron chi connectivity index (χ2n) is 6.99. The predicted molar refractivity (Wildman–Crippen MR) is 124 cm³/mol. The molecule has 0 aliphatic carbocycles. The highest BCUT2D eigenvalue weighted by Crippen LogP contribution is 2.31. The summed E-state index contributed by atoms with van der Waals surface area (Å²) >= 11 is 7.75. The van der Waals surface area contributed by atoms with E-state index in [1.807, 2.05) is 30.3 Å². The molecule has 1 aromatic heterocycles. The summed E-state index contributed by atoms with van der Waals surface area (Å²) in [6.07, 6.45) is 1.58. The molecule has 1 aliphatic rings. The standard InChI is InChI=1S/C21H22ClFN4O2S2/c22-16-12-20(31(28)26-21-24-6-11-30-21)17(23)13-18(16)25-19(15-4-2-1-3-5-15)14-27-7-9-29-10-8-27/h1-6,11-13,19,25H,7-10,14H2,(H,24,26). The molecular weight excluding hydrogens is 459 g/mol. The average Bonchev–Trinajstić information content (AvgIpc) is 3.30.